The van der Waals surface area contributed by atoms with Gasteiger partial charge in [-0.15, -0.1) is 0 Å². The van der Waals surface area contributed by atoms with E-state index in [1.807, 2.05) is 6.92 Å². The molecule has 0 radical (unpaired) electrons. The molecule has 0 bridgehead atoms. The Labute approximate surface area is 110 Å². The van der Waals surface area contributed by atoms with Crippen LogP contribution in [0.15, 0.2) is 36.4 Å². The molecule has 0 aromatic heterocycles. The summed E-state index contributed by atoms with van der Waals surface area (Å²) in [5.74, 6) is -1.68. The molecule has 2 rings (SSSR count). The number of hydrogen-bond donors (Lipinski definition) is 1. The summed E-state index contributed by atoms with van der Waals surface area (Å²) in [7, 11) is 0. The second-order valence-corrected chi connectivity index (χ2v) is 4.55. The highest BCUT2D eigenvalue weighted by Crippen LogP contribution is 2.23. The lowest BCUT2D eigenvalue weighted by Gasteiger charge is -2.17. The van der Waals surface area contributed by atoms with E-state index in [0.717, 1.165) is 11.6 Å². The van der Waals surface area contributed by atoms with E-state index in [1.54, 1.807) is 19.1 Å². The van der Waals surface area contributed by atoms with Gasteiger partial charge in [-0.3, -0.25) is 0 Å². The number of anilines is 1. The zero-order chi connectivity index (χ0) is 14.0. The van der Waals surface area contributed by atoms with E-state index >= 15 is 0 Å². The summed E-state index contributed by atoms with van der Waals surface area (Å²) in [5.41, 5.74) is 1.65. The standard InChI is InChI=1S/C15H14F3N/c1-9-3-4-14(18)15(5-9)19-10(2)11-6-12(16)8-13(17)7-11/h3-8,10,19H,1-2H3. The molecule has 0 saturated heterocycles. The quantitative estimate of drug-likeness (QED) is 0.856. The van der Waals surface area contributed by atoms with Gasteiger partial charge in [-0.25, -0.2) is 13.2 Å². The van der Waals surface area contributed by atoms with E-state index in [2.05, 4.69) is 5.32 Å². The maximum Gasteiger partial charge on any atom is 0.146 e. The average Bonchev–Trinajstić information content (AvgIpc) is 2.32. The smallest absolute Gasteiger partial charge is 0.146 e. The molecule has 0 aliphatic carbocycles. The van der Waals surface area contributed by atoms with E-state index in [-0.39, 0.29) is 0 Å². The van der Waals surface area contributed by atoms with Crippen LogP contribution in [0.1, 0.15) is 24.1 Å². The minimum absolute atomic E-state index is 0.317. The van der Waals surface area contributed by atoms with Crippen LogP contribution in [-0.4, -0.2) is 0 Å². The molecule has 1 unspecified atom stereocenters. The van der Waals surface area contributed by atoms with Gasteiger partial charge in [0.15, 0.2) is 0 Å². The molecule has 0 aliphatic heterocycles. The van der Waals surface area contributed by atoms with Crippen LogP contribution in [0.25, 0.3) is 0 Å². The molecule has 2 aromatic rings. The van der Waals surface area contributed by atoms with Gasteiger partial charge in [0, 0.05) is 12.1 Å². The summed E-state index contributed by atoms with van der Waals surface area (Å²) >= 11 is 0. The highest BCUT2D eigenvalue weighted by atomic mass is 19.1. The number of nitrogens with one attached hydrogen (secondary N) is 1. The fourth-order valence-electron chi connectivity index (χ4n) is 1.89. The fourth-order valence-corrected chi connectivity index (χ4v) is 1.89. The Morgan fingerprint density at radius 2 is 1.58 bits per heavy atom. The second kappa shape index (κ2) is 5.34. The van der Waals surface area contributed by atoms with Crippen molar-refractivity contribution in [3.8, 4) is 0 Å². The summed E-state index contributed by atoms with van der Waals surface area (Å²) in [4.78, 5) is 0. The molecule has 1 N–H and O–H groups in total. The molecule has 0 amide bonds. The predicted octanol–water partition coefficient (Wildman–Crippen LogP) is 4.59. The first kappa shape index (κ1) is 13.5. The van der Waals surface area contributed by atoms with Gasteiger partial charge in [-0.2, -0.15) is 0 Å². The van der Waals surface area contributed by atoms with E-state index in [1.165, 1.54) is 18.2 Å². The van der Waals surface area contributed by atoms with Gasteiger partial charge in [-0.1, -0.05) is 6.07 Å². The minimum Gasteiger partial charge on any atom is -0.376 e. The van der Waals surface area contributed by atoms with Gasteiger partial charge >= 0.3 is 0 Å². The molecule has 4 heteroatoms. The highest BCUT2D eigenvalue weighted by Gasteiger charge is 2.11. The summed E-state index contributed by atoms with van der Waals surface area (Å²) in [6.07, 6.45) is 0. The largest absolute Gasteiger partial charge is 0.376 e. The Kier molecular flexibility index (Phi) is 3.79. The highest BCUT2D eigenvalue weighted by molar-refractivity contribution is 5.48. The van der Waals surface area contributed by atoms with Crippen LogP contribution >= 0.6 is 0 Å². The lowest BCUT2D eigenvalue weighted by Crippen LogP contribution is -2.09. The SMILES string of the molecule is Cc1ccc(F)c(NC(C)c2cc(F)cc(F)c2)c1. The molecule has 0 aliphatic rings. The van der Waals surface area contributed by atoms with Crippen LogP contribution in [0.2, 0.25) is 0 Å². The van der Waals surface area contributed by atoms with Crippen molar-refractivity contribution in [1.82, 2.24) is 0 Å². The van der Waals surface area contributed by atoms with Crippen LogP contribution in [0.3, 0.4) is 0 Å². The van der Waals surface area contributed by atoms with Gasteiger partial charge in [0.25, 0.3) is 0 Å². The fraction of sp³-hybridized carbons (Fsp3) is 0.200. The van der Waals surface area contributed by atoms with Crippen LogP contribution in [0.4, 0.5) is 18.9 Å². The third-order valence-corrected chi connectivity index (χ3v) is 2.88. The van der Waals surface area contributed by atoms with Crippen molar-refractivity contribution in [2.24, 2.45) is 0 Å². The van der Waals surface area contributed by atoms with Crippen LogP contribution in [0.5, 0.6) is 0 Å². The van der Waals surface area contributed by atoms with Crippen LogP contribution < -0.4 is 5.32 Å². The van der Waals surface area contributed by atoms with Gasteiger partial charge in [0.05, 0.1) is 5.69 Å². The first-order chi connectivity index (χ1) is 8.95. The number of halogens is 3. The van der Waals surface area contributed by atoms with Gasteiger partial charge in [0.1, 0.15) is 17.5 Å². The van der Waals surface area contributed by atoms with Gasteiger partial charge in [0.2, 0.25) is 0 Å². The summed E-state index contributed by atoms with van der Waals surface area (Å²) in [6.45, 7) is 3.56. The average molecular weight is 265 g/mol. The molecule has 19 heavy (non-hydrogen) atoms. The summed E-state index contributed by atoms with van der Waals surface area (Å²) in [6, 6.07) is 7.54. The predicted molar refractivity (Wildman–Crippen MR) is 69.5 cm³/mol. The van der Waals surface area contributed by atoms with Crippen molar-refractivity contribution in [2.75, 3.05) is 5.32 Å². The van der Waals surface area contributed by atoms with Crippen LogP contribution in [-0.2, 0) is 0 Å². The monoisotopic (exact) mass is 265 g/mol. The van der Waals surface area contributed by atoms with Crippen molar-refractivity contribution in [3.63, 3.8) is 0 Å². The van der Waals surface area contributed by atoms with Crippen molar-refractivity contribution in [2.45, 2.75) is 19.9 Å². The zero-order valence-electron chi connectivity index (χ0n) is 10.7. The van der Waals surface area contributed by atoms with Gasteiger partial charge < -0.3 is 5.32 Å². The van der Waals surface area contributed by atoms with Gasteiger partial charge in [-0.05, 0) is 49.2 Å². The number of hydrogen-bond acceptors (Lipinski definition) is 1. The topological polar surface area (TPSA) is 12.0 Å². The molecular weight excluding hydrogens is 251 g/mol. The lowest BCUT2D eigenvalue weighted by molar-refractivity contribution is 0.577. The van der Waals surface area contributed by atoms with Crippen LogP contribution in [0, 0.1) is 24.4 Å². The molecule has 1 atom stereocenters. The third kappa shape index (κ3) is 3.28. The molecule has 0 spiro atoms. The van der Waals surface area contributed by atoms with E-state index in [4.69, 9.17) is 0 Å². The number of rotatable bonds is 3. The molecule has 0 fully saturated rings. The van der Waals surface area contributed by atoms with Crippen molar-refractivity contribution >= 4 is 5.69 Å². The first-order valence-electron chi connectivity index (χ1n) is 5.94. The van der Waals surface area contributed by atoms with E-state index in [9.17, 15) is 13.2 Å². The van der Waals surface area contributed by atoms with E-state index < -0.39 is 23.5 Å². The number of aryl methyl sites for hydroxylation is 1. The maximum absolute atomic E-state index is 13.6. The van der Waals surface area contributed by atoms with Crippen molar-refractivity contribution in [1.29, 1.82) is 0 Å². The molecular formula is C15H14F3N. The second-order valence-electron chi connectivity index (χ2n) is 4.55. The molecule has 2 aromatic carbocycles. The Morgan fingerprint density at radius 3 is 2.21 bits per heavy atom. The third-order valence-electron chi connectivity index (χ3n) is 2.88. The Bertz CT molecular complexity index is 576. The van der Waals surface area contributed by atoms with Crippen molar-refractivity contribution < 1.29 is 13.2 Å². The normalized spacial score (nSPS) is 12.3. The maximum atomic E-state index is 13.6. The molecule has 1 nitrogen and oxygen atoms in total. The lowest BCUT2D eigenvalue weighted by atomic mass is 10.1. The number of benzene rings is 2. The summed E-state index contributed by atoms with van der Waals surface area (Å²) in [5, 5.41) is 2.91. The molecule has 0 saturated carbocycles. The minimum atomic E-state index is -0.645. The molecule has 100 valence electrons. The molecule has 0 heterocycles. The first-order valence-corrected chi connectivity index (χ1v) is 5.94. The Morgan fingerprint density at radius 1 is 0.947 bits per heavy atom. The van der Waals surface area contributed by atoms with Crippen molar-refractivity contribution in [3.05, 3.63) is 65.0 Å². The van der Waals surface area contributed by atoms with E-state index in [0.29, 0.717) is 11.3 Å². The Balaban J connectivity index is 2.25. The summed E-state index contributed by atoms with van der Waals surface area (Å²) < 4.78 is 39.9. The zero-order valence-corrected chi connectivity index (χ0v) is 10.7. The Hall–Kier alpha value is -1.97.